The number of hydrogen-bond acceptors (Lipinski definition) is 3. The fourth-order valence-electron chi connectivity index (χ4n) is 1.31. The summed E-state index contributed by atoms with van der Waals surface area (Å²) in [6, 6.07) is 5.94. The second-order valence-corrected chi connectivity index (χ2v) is 4.14. The first kappa shape index (κ1) is 12.3. The quantitative estimate of drug-likeness (QED) is 0.781. The van der Waals surface area contributed by atoms with Gasteiger partial charge in [-0.05, 0) is 38.2 Å². The van der Waals surface area contributed by atoms with E-state index in [1.54, 1.807) is 7.11 Å². The van der Waals surface area contributed by atoms with E-state index in [0.717, 1.165) is 35.4 Å². The van der Waals surface area contributed by atoms with Crippen LogP contribution < -0.4 is 15.4 Å². The van der Waals surface area contributed by atoms with Crippen molar-refractivity contribution < 1.29 is 4.74 Å². The van der Waals surface area contributed by atoms with Gasteiger partial charge in [-0.1, -0.05) is 15.9 Å². The van der Waals surface area contributed by atoms with Gasteiger partial charge in [0.25, 0.3) is 0 Å². The van der Waals surface area contributed by atoms with Gasteiger partial charge in [-0.2, -0.15) is 0 Å². The maximum Gasteiger partial charge on any atom is 0.142 e. The third-order valence-electron chi connectivity index (χ3n) is 2.08. The van der Waals surface area contributed by atoms with Crippen molar-refractivity contribution in [3.8, 4) is 5.75 Å². The zero-order valence-electron chi connectivity index (χ0n) is 9.14. The molecule has 1 aromatic carbocycles. The van der Waals surface area contributed by atoms with E-state index in [9.17, 15) is 0 Å². The molecule has 0 heterocycles. The fourth-order valence-corrected chi connectivity index (χ4v) is 1.67. The largest absolute Gasteiger partial charge is 0.495 e. The highest BCUT2D eigenvalue weighted by molar-refractivity contribution is 9.10. The van der Waals surface area contributed by atoms with Crippen LogP contribution in [0.1, 0.15) is 6.42 Å². The van der Waals surface area contributed by atoms with Gasteiger partial charge in [0.15, 0.2) is 0 Å². The maximum absolute atomic E-state index is 5.26. The van der Waals surface area contributed by atoms with Crippen LogP contribution in [0.2, 0.25) is 0 Å². The van der Waals surface area contributed by atoms with Gasteiger partial charge in [0.05, 0.1) is 12.8 Å². The summed E-state index contributed by atoms with van der Waals surface area (Å²) in [6.45, 7) is 1.96. The second kappa shape index (κ2) is 6.69. The molecule has 0 aliphatic heterocycles. The molecular formula is C11H17BrN2O. The number of methoxy groups -OCH3 is 1. The summed E-state index contributed by atoms with van der Waals surface area (Å²) in [5.41, 5.74) is 1.03. The second-order valence-electron chi connectivity index (χ2n) is 3.23. The van der Waals surface area contributed by atoms with Crippen molar-refractivity contribution in [3.05, 3.63) is 22.7 Å². The Morgan fingerprint density at radius 1 is 1.33 bits per heavy atom. The van der Waals surface area contributed by atoms with Crippen LogP contribution in [0.3, 0.4) is 0 Å². The highest BCUT2D eigenvalue weighted by Crippen LogP contribution is 2.27. The molecule has 0 bridgehead atoms. The molecule has 15 heavy (non-hydrogen) atoms. The lowest BCUT2D eigenvalue weighted by Crippen LogP contribution is -2.13. The van der Waals surface area contributed by atoms with Crippen molar-refractivity contribution in [1.82, 2.24) is 5.32 Å². The molecule has 1 aromatic rings. The average Bonchev–Trinajstić information content (AvgIpc) is 2.25. The smallest absolute Gasteiger partial charge is 0.142 e. The van der Waals surface area contributed by atoms with Crippen LogP contribution in [-0.2, 0) is 0 Å². The number of rotatable bonds is 6. The molecule has 0 aliphatic carbocycles. The first-order valence-corrected chi connectivity index (χ1v) is 5.79. The number of nitrogens with one attached hydrogen (secondary N) is 2. The molecule has 0 spiro atoms. The third kappa shape index (κ3) is 4.10. The minimum absolute atomic E-state index is 0.877. The summed E-state index contributed by atoms with van der Waals surface area (Å²) in [5.74, 6) is 0.877. The molecular weight excluding hydrogens is 256 g/mol. The van der Waals surface area contributed by atoms with E-state index in [0.29, 0.717) is 0 Å². The van der Waals surface area contributed by atoms with Gasteiger partial charge in [-0.15, -0.1) is 0 Å². The predicted molar refractivity (Wildman–Crippen MR) is 67.7 cm³/mol. The van der Waals surface area contributed by atoms with E-state index in [-0.39, 0.29) is 0 Å². The molecule has 4 heteroatoms. The predicted octanol–water partition coefficient (Wildman–Crippen LogP) is 2.48. The van der Waals surface area contributed by atoms with E-state index >= 15 is 0 Å². The fraction of sp³-hybridized carbons (Fsp3) is 0.455. The van der Waals surface area contributed by atoms with Gasteiger partial charge >= 0.3 is 0 Å². The highest BCUT2D eigenvalue weighted by atomic mass is 79.9. The standard InChI is InChI=1S/C11H17BrN2O/c1-13-6-3-7-14-10-8-9(12)4-5-11(10)15-2/h4-5,8,13-14H,3,6-7H2,1-2H3. The molecule has 2 N–H and O–H groups in total. The van der Waals surface area contributed by atoms with Crippen molar-refractivity contribution in [2.45, 2.75) is 6.42 Å². The van der Waals surface area contributed by atoms with Crippen molar-refractivity contribution >= 4 is 21.6 Å². The minimum Gasteiger partial charge on any atom is -0.495 e. The lowest BCUT2D eigenvalue weighted by atomic mass is 10.3. The molecule has 0 radical (unpaired) electrons. The lowest BCUT2D eigenvalue weighted by molar-refractivity contribution is 0.416. The summed E-state index contributed by atoms with van der Waals surface area (Å²) in [5, 5.41) is 6.46. The first-order valence-electron chi connectivity index (χ1n) is 5.00. The Labute approximate surface area is 99.3 Å². The van der Waals surface area contributed by atoms with E-state index in [2.05, 4.69) is 26.6 Å². The number of halogens is 1. The van der Waals surface area contributed by atoms with Crippen molar-refractivity contribution in [3.63, 3.8) is 0 Å². The van der Waals surface area contributed by atoms with Crippen LogP contribution in [0, 0.1) is 0 Å². The van der Waals surface area contributed by atoms with E-state index < -0.39 is 0 Å². The molecule has 0 aromatic heterocycles. The summed E-state index contributed by atoms with van der Waals surface area (Å²) in [6.07, 6.45) is 1.09. The van der Waals surface area contributed by atoms with Gasteiger partial charge in [0.1, 0.15) is 5.75 Å². The Bertz CT molecular complexity index is 305. The Balaban J connectivity index is 2.54. The van der Waals surface area contributed by atoms with Gasteiger partial charge < -0.3 is 15.4 Å². The van der Waals surface area contributed by atoms with Gasteiger partial charge in [-0.3, -0.25) is 0 Å². The normalized spacial score (nSPS) is 10.1. The topological polar surface area (TPSA) is 33.3 Å². The van der Waals surface area contributed by atoms with Crippen molar-refractivity contribution in [2.75, 3.05) is 32.6 Å². The first-order chi connectivity index (χ1) is 7.27. The zero-order valence-corrected chi connectivity index (χ0v) is 10.7. The van der Waals surface area contributed by atoms with Crippen LogP contribution in [0.25, 0.3) is 0 Å². The highest BCUT2D eigenvalue weighted by Gasteiger charge is 2.01. The maximum atomic E-state index is 5.26. The Kier molecular flexibility index (Phi) is 5.50. The molecule has 0 saturated heterocycles. The zero-order chi connectivity index (χ0) is 11.1. The molecule has 3 nitrogen and oxygen atoms in total. The van der Waals surface area contributed by atoms with Crippen LogP contribution >= 0.6 is 15.9 Å². The Hall–Kier alpha value is -0.740. The van der Waals surface area contributed by atoms with Crippen LogP contribution in [0.5, 0.6) is 5.75 Å². The van der Waals surface area contributed by atoms with Crippen molar-refractivity contribution in [1.29, 1.82) is 0 Å². The SMILES string of the molecule is CNCCCNc1cc(Br)ccc1OC. The van der Waals surface area contributed by atoms with E-state index in [1.807, 2.05) is 25.2 Å². The molecule has 0 fully saturated rings. The lowest BCUT2D eigenvalue weighted by Gasteiger charge is -2.11. The van der Waals surface area contributed by atoms with E-state index in [1.165, 1.54) is 0 Å². The number of anilines is 1. The van der Waals surface area contributed by atoms with Crippen LogP contribution in [-0.4, -0.2) is 27.2 Å². The molecule has 0 saturated carbocycles. The van der Waals surface area contributed by atoms with Gasteiger partial charge in [-0.25, -0.2) is 0 Å². The van der Waals surface area contributed by atoms with Crippen molar-refractivity contribution in [2.24, 2.45) is 0 Å². The molecule has 0 atom stereocenters. The van der Waals surface area contributed by atoms with E-state index in [4.69, 9.17) is 4.74 Å². The minimum atomic E-state index is 0.877. The number of benzene rings is 1. The summed E-state index contributed by atoms with van der Waals surface area (Å²) >= 11 is 3.44. The van der Waals surface area contributed by atoms with Crippen LogP contribution in [0.4, 0.5) is 5.69 Å². The monoisotopic (exact) mass is 272 g/mol. The number of ether oxygens (including phenoxy) is 1. The Morgan fingerprint density at radius 2 is 2.13 bits per heavy atom. The summed E-state index contributed by atoms with van der Waals surface area (Å²) < 4.78 is 6.31. The Morgan fingerprint density at radius 3 is 2.80 bits per heavy atom. The molecule has 0 unspecified atom stereocenters. The molecule has 1 rings (SSSR count). The molecule has 0 aliphatic rings. The molecule has 0 amide bonds. The van der Waals surface area contributed by atoms with Gasteiger partial charge in [0, 0.05) is 11.0 Å². The third-order valence-corrected chi connectivity index (χ3v) is 2.57. The number of hydrogen-bond donors (Lipinski definition) is 2. The average molecular weight is 273 g/mol. The molecule has 84 valence electrons. The van der Waals surface area contributed by atoms with Crippen LogP contribution in [0.15, 0.2) is 22.7 Å². The summed E-state index contributed by atoms with van der Waals surface area (Å²) in [4.78, 5) is 0. The van der Waals surface area contributed by atoms with Gasteiger partial charge in [0.2, 0.25) is 0 Å². The summed E-state index contributed by atoms with van der Waals surface area (Å²) in [7, 11) is 3.64.